The second kappa shape index (κ2) is 9.97. The smallest absolute Gasteiger partial charge is 0.191 e. The van der Waals surface area contributed by atoms with Crippen molar-refractivity contribution in [2.75, 3.05) is 13.6 Å². The predicted octanol–water partition coefficient (Wildman–Crippen LogP) is 4.49. The van der Waals surface area contributed by atoms with Gasteiger partial charge in [-0.3, -0.25) is 4.99 Å². The summed E-state index contributed by atoms with van der Waals surface area (Å²) in [5.74, 6) is 0.862. The lowest BCUT2D eigenvalue weighted by atomic mass is 10.1. The second-order valence-corrected chi connectivity index (χ2v) is 7.74. The highest BCUT2D eigenvalue weighted by atomic mass is 127. The van der Waals surface area contributed by atoms with Gasteiger partial charge in [0, 0.05) is 52.9 Å². The van der Waals surface area contributed by atoms with Gasteiger partial charge >= 0.3 is 0 Å². The number of thiophene rings is 1. The molecule has 0 bridgehead atoms. The van der Waals surface area contributed by atoms with E-state index < -0.39 is 0 Å². The molecule has 2 heterocycles. The molecule has 0 amide bonds. The summed E-state index contributed by atoms with van der Waals surface area (Å²) >= 11 is 1.86. The quantitative estimate of drug-likeness (QED) is 0.276. The maximum Gasteiger partial charge on any atom is 0.191 e. The van der Waals surface area contributed by atoms with Gasteiger partial charge in [-0.2, -0.15) is 0 Å². The Bertz CT molecular complexity index is 852. The van der Waals surface area contributed by atoms with Crippen molar-refractivity contribution in [1.29, 1.82) is 0 Å². The fraction of sp³-hybridized carbons (Fsp3) is 0.350. The highest BCUT2D eigenvalue weighted by molar-refractivity contribution is 14.0. The van der Waals surface area contributed by atoms with Crippen LogP contribution in [0, 0.1) is 6.92 Å². The SMILES string of the molecule is CN=C(NCCc1c[nH]c2ccccc12)NC(C)Cc1ccc(C)s1.I. The first-order valence-electron chi connectivity index (χ1n) is 8.73. The van der Waals surface area contributed by atoms with E-state index in [0.717, 1.165) is 25.3 Å². The van der Waals surface area contributed by atoms with Gasteiger partial charge < -0.3 is 15.6 Å². The van der Waals surface area contributed by atoms with E-state index in [9.17, 15) is 0 Å². The van der Waals surface area contributed by atoms with Crippen molar-refractivity contribution >= 4 is 52.2 Å². The van der Waals surface area contributed by atoms with Crippen LogP contribution in [0.25, 0.3) is 10.9 Å². The van der Waals surface area contributed by atoms with Crippen LogP contribution in [0.1, 0.15) is 22.2 Å². The molecule has 1 atom stereocenters. The number of aromatic nitrogens is 1. The van der Waals surface area contributed by atoms with E-state index in [1.807, 2.05) is 18.4 Å². The minimum atomic E-state index is 0. The van der Waals surface area contributed by atoms with E-state index >= 15 is 0 Å². The summed E-state index contributed by atoms with van der Waals surface area (Å²) in [6, 6.07) is 13.2. The van der Waals surface area contributed by atoms with Crippen LogP contribution < -0.4 is 10.6 Å². The van der Waals surface area contributed by atoms with Gasteiger partial charge in [0.15, 0.2) is 5.96 Å². The molecular weight excluding hydrogens is 455 g/mol. The molecule has 0 radical (unpaired) electrons. The zero-order valence-corrected chi connectivity index (χ0v) is 18.7. The first-order valence-corrected chi connectivity index (χ1v) is 9.55. The van der Waals surface area contributed by atoms with Crippen LogP contribution in [-0.4, -0.2) is 30.6 Å². The van der Waals surface area contributed by atoms with Crippen LogP contribution >= 0.6 is 35.3 Å². The molecule has 6 heteroatoms. The van der Waals surface area contributed by atoms with Crippen molar-refractivity contribution in [3.05, 3.63) is 57.9 Å². The molecule has 0 saturated carbocycles. The topological polar surface area (TPSA) is 52.2 Å². The van der Waals surface area contributed by atoms with Crippen LogP contribution in [0.3, 0.4) is 0 Å². The number of guanidine groups is 1. The number of nitrogens with one attached hydrogen (secondary N) is 3. The molecular formula is C20H27IN4S. The average Bonchev–Trinajstić information content (AvgIpc) is 3.20. The second-order valence-electron chi connectivity index (χ2n) is 6.37. The number of halogens is 1. The van der Waals surface area contributed by atoms with Crippen molar-refractivity contribution in [3.63, 3.8) is 0 Å². The third kappa shape index (κ3) is 5.48. The van der Waals surface area contributed by atoms with E-state index in [1.54, 1.807) is 0 Å². The van der Waals surface area contributed by atoms with Gasteiger partial charge in [0.1, 0.15) is 0 Å². The van der Waals surface area contributed by atoms with Crippen molar-refractivity contribution in [1.82, 2.24) is 15.6 Å². The average molecular weight is 482 g/mol. The van der Waals surface area contributed by atoms with E-state index in [2.05, 4.69) is 77.1 Å². The zero-order chi connectivity index (χ0) is 17.6. The zero-order valence-electron chi connectivity index (χ0n) is 15.5. The first kappa shape index (κ1) is 20.8. The molecule has 0 aliphatic rings. The number of aliphatic imine (C=N–C) groups is 1. The number of aromatic amines is 1. The fourth-order valence-electron chi connectivity index (χ4n) is 3.03. The molecule has 3 rings (SSSR count). The van der Waals surface area contributed by atoms with Crippen LogP contribution in [-0.2, 0) is 12.8 Å². The summed E-state index contributed by atoms with van der Waals surface area (Å²) < 4.78 is 0. The number of rotatable bonds is 6. The maximum atomic E-state index is 4.35. The van der Waals surface area contributed by atoms with Crippen molar-refractivity contribution < 1.29 is 0 Å². The summed E-state index contributed by atoms with van der Waals surface area (Å²) in [6.45, 7) is 5.20. The molecule has 0 fully saturated rings. The summed E-state index contributed by atoms with van der Waals surface area (Å²) in [6.07, 6.45) is 4.08. The number of aryl methyl sites for hydroxylation is 1. The standard InChI is InChI=1S/C20H26N4S.HI/c1-14(12-17-9-8-15(2)25-17)24-20(21-3)22-11-10-16-13-23-19-7-5-4-6-18(16)19;/h4-9,13-14,23H,10-12H2,1-3H3,(H2,21,22,24);1H. The largest absolute Gasteiger partial charge is 0.361 e. The molecule has 4 nitrogen and oxygen atoms in total. The fourth-order valence-corrected chi connectivity index (χ4v) is 4.05. The molecule has 2 aromatic heterocycles. The normalized spacial score (nSPS) is 12.7. The Morgan fingerprint density at radius 3 is 2.77 bits per heavy atom. The third-order valence-corrected chi connectivity index (χ3v) is 5.29. The number of hydrogen-bond acceptors (Lipinski definition) is 2. The number of benzene rings is 1. The van der Waals surface area contributed by atoms with Crippen molar-refractivity contribution in [3.8, 4) is 0 Å². The summed E-state index contributed by atoms with van der Waals surface area (Å²) in [4.78, 5) is 10.4. The Balaban J connectivity index is 0.00000243. The molecule has 3 N–H and O–H groups in total. The van der Waals surface area contributed by atoms with Crippen molar-refractivity contribution in [2.45, 2.75) is 32.7 Å². The summed E-state index contributed by atoms with van der Waals surface area (Å²) in [7, 11) is 1.82. The Morgan fingerprint density at radius 2 is 2.04 bits per heavy atom. The van der Waals surface area contributed by atoms with Gasteiger partial charge in [0.05, 0.1) is 0 Å². The third-order valence-electron chi connectivity index (χ3n) is 4.27. The monoisotopic (exact) mass is 482 g/mol. The molecule has 0 spiro atoms. The van der Waals surface area contributed by atoms with Crippen LogP contribution in [0.15, 0.2) is 47.6 Å². The van der Waals surface area contributed by atoms with Gasteiger partial charge in [-0.1, -0.05) is 18.2 Å². The lowest BCUT2D eigenvalue weighted by molar-refractivity contribution is 0.645. The molecule has 3 aromatic rings. The van der Waals surface area contributed by atoms with E-state index in [-0.39, 0.29) is 24.0 Å². The lowest BCUT2D eigenvalue weighted by Crippen LogP contribution is -2.43. The Hall–Kier alpha value is -1.54. The molecule has 0 saturated heterocycles. The highest BCUT2D eigenvalue weighted by Crippen LogP contribution is 2.18. The number of H-pyrrole nitrogens is 1. The minimum Gasteiger partial charge on any atom is -0.361 e. The van der Waals surface area contributed by atoms with Crippen LogP contribution in [0.4, 0.5) is 0 Å². The Morgan fingerprint density at radius 1 is 1.23 bits per heavy atom. The Labute approximate surface area is 176 Å². The predicted molar refractivity (Wildman–Crippen MR) is 124 cm³/mol. The molecule has 1 unspecified atom stereocenters. The first-order chi connectivity index (χ1) is 12.2. The number of hydrogen-bond donors (Lipinski definition) is 3. The van der Waals surface area contributed by atoms with Crippen LogP contribution in [0.2, 0.25) is 0 Å². The van der Waals surface area contributed by atoms with E-state index in [1.165, 1.54) is 26.2 Å². The Kier molecular flexibility index (Phi) is 7.96. The van der Waals surface area contributed by atoms with Gasteiger partial charge in [-0.05, 0) is 44.0 Å². The van der Waals surface area contributed by atoms with Gasteiger partial charge in [0.2, 0.25) is 0 Å². The molecule has 1 aromatic carbocycles. The number of para-hydroxylation sites is 1. The number of nitrogens with zero attached hydrogens (tertiary/aromatic N) is 1. The van der Waals surface area contributed by atoms with Crippen molar-refractivity contribution in [2.24, 2.45) is 4.99 Å². The van der Waals surface area contributed by atoms with E-state index in [4.69, 9.17) is 0 Å². The molecule has 26 heavy (non-hydrogen) atoms. The molecule has 0 aliphatic heterocycles. The number of fused-ring (bicyclic) bond motifs is 1. The molecule has 0 aliphatic carbocycles. The van der Waals surface area contributed by atoms with Gasteiger partial charge in [-0.25, -0.2) is 0 Å². The van der Waals surface area contributed by atoms with E-state index in [0.29, 0.717) is 6.04 Å². The lowest BCUT2D eigenvalue weighted by Gasteiger charge is -2.17. The maximum absolute atomic E-state index is 4.35. The van der Waals surface area contributed by atoms with Gasteiger partial charge in [-0.15, -0.1) is 35.3 Å². The highest BCUT2D eigenvalue weighted by Gasteiger charge is 2.08. The summed E-state index contributed by atoms with van der Waals surface area (Å²) in [5.41, 5.74) is 2.53. The molecule has 140 valence electrons. The van der Waals surface area contributed by atoms with Crippen LogP contribution in [0.5, 0.6) is 0 Å². The van der Waals surface area contributed by atoms with Gasteiger partial charge in [0.25, 0.3) is 0 Å². The minimum absolute atomic E-state index is 0. The summed E-state index contributed by atoms with van der Waals surface area (Å²) in [5, 5.41) is 8.20.